The second-order valence-electron chi connectivity index (χ2n) is 10.6. The normalized spacial score (nSPS) is 15.5. The molecule has 222 valence electrons. The summed E-state index contributed by atoms with van der Waals surface area (Å²) in [5.74, 6) is 1.17. The number of rotatable bonds is 7. The average molecular weight is 608 g/mol. The molecule has 1 fully saturated rings. The molecule has 1 aliphatic heterocycles. The van der Waals surface area contributed by atoms with Gasteiger partial charge in [0.2, 0.25) is 10.0 Å². The molecular weight excluding hydrogens is 578 g/mol. The number of hydrogen-bond donors (Lipinski definition) is 3. The number of hydrogen-bond acceptors (Lipinski definition) is 10. The van der Waals surface area contributed by atoms with E-state index in [1.54, 1.807) is 37.2 Å². The van der Waals surface area contributed by atoms with Crippen molar-refractivity contribution < 1.29 is 13.2 Å². The third-order valence-electron chi connectivity index (χ3n) is 7.71. The summed E-state index contributed by atoms with van der Waals surface area (Å²) < 4.78 is 31.7. The van der Waals surface area contributed by atoms with Crippen LogP contribution < -0.4 is 15.8 Å². The molecule has 0 amide bonds. The van der Waals surface area contributed by atoms with Crippen LogP contribution in [0.5, 0.6) is 0 Å². The summed E-state index contributed by atoms with van der Waals surface area (Å²) in [7, 11) is -3.85. The van der Waals surface area contributed by atoms with Crippen molar-refractivity contribution >= 4 is 55.0 Å². The second-order valence-corrected chi connectivity index (χ2v) is 12.2. The van der Waals surface area contributed by atoms with Gasteiger partial charge in [-0.1, -0.05) is 18.2 Å². The monoisotopic (exact) mass is 607 g/mol. The maximum absolute atomic E-state index is 11.9. The Morgan fingerprint density at radius 2 is 1.80 bits per heavy atom. The Morgan fingerprint density at radius 3 is 2.64 bits per heavy atom. The van der Waals surface area contributed by atoms with Gasteiger partial charge in [0, 0.05) is 41.0 Å². The fourth-order valence-electron chi connectivity index (χ4n) is 5.53. The third kappa shape index (κ3) is 5.21. The zero-order chi connectivity index (χ0) is 30.3. The van der Waals surface area contributed by atoms with E-state index < -0.39 is 10.0 Å². The van der Waals surface area contributed by atoms with E-state index in [1.807, 2.05) is 41.8 Å². The van der Waals surface area contributed by atoms with E-state index in [4.69, 9.17) is 19.8 Å². The van der Waals surface area contributed by atoms with Gasteiger partial charge < -0.3 is 15.4 Å². The molecule has 1 aliphatic rings. The van der Waals surface area contributed by atoms with Crippen molar-refractivity contribution in [3.05, 3.63) is 85.2 Å². The van der Waals surface area contributed by atoms with Crippen molar-refractivity contribution in [1.82, 2.24) is 29.5 Å². The smallest absolute Gasteiger partial charge is 0.238 e. The fourth-order valence-corrected chi connectivity index (χ4v) is 6.09. The molecule has 0 aliphatic carbocycles. The Balaban J connectivity index is 1.27. The number of nitrogens with two attached hydrogens (primary N) is 1. The fraction of sp³-hybridized carbons (Fsp3) is 0.194. The van der Waals surface area contributed by atoms with Crippen molar-refractivity contribution in [2.45, 2.75) is 37.3 Å². The minimum absolute atomic E-state index is 0.0125. The summed E-state index contributed by atoms with van der Waals surface area (Å²) in [5, 5.41) is 13.9. The van der Waals surface area contributed by atoms with E-state index in [0.29, 0.717) is 34.2 Å². The van der Waals surface area contributed by atoms with E-state index in [2.05, 4.69) is 25.6 Å². The lowest BCUT2D eigenvalue weighted by Gasteiger charge is -2.23. The van der Waals surface area contributed by atoms with Crippen LogP contribution >= 0.6 is 0 Å². The standard InChI is InChI=1S/C31H29N9O3S/c1-19-10-11-23-22(12-14-34-29(23)38-20-6-4-7-21(16-20)44(32,41)42)26(19)39-30-24(8-5-13-33-30)27-28-31(36-17-35-27)40(18-37-28)25-9-2-3-15-43-25/h4-8,10-14,16-18,25H,2-3,9,15H2,1H3,(H,33,39)(H,34,38)(H2,32,41,42). The van der Waals surface area contributed by atoms with Crippen LogP contribution in [-0.4, -0.2) is 44.5 Å². The molecule has 44 heavy (non-hydrogen) atoms. The Morgan fingerprint density at radius 1 is 0.909 bits per heavy atom. The number of fused-ring (bicyclic) bond motifs is 2. The third-order valence-corrected chi connectivity index (χ3v) is 8.62. The summed E-state index contributed by atoms with van der Waals surface area (Å²) in [6.45, 7) is 2.74. The topological polar surface area (TPSA) is 163 Å². The number of pyridine rings is 2. The van der Waals surface area contributed by atoms with Crippen LogP contribution in [0, 0.1) is 6.92 Å². The summed E-state index contributed by atoms with van der Waals surface area (Å²) in [5.41, 5.74) is 5.21. The highest BCUT2D eigenvalue weighted by Crippen LogP contribution is 2.37. The summed E-state index contributed by atoms with van der Waals surface area (Å²) in [6.07, 6.45) is 9.72. The average Bonchev–Trinajstić information content (AvgIpc) is 3.48. The molecule has 4 aromatic heterocycles. The molecule has 0 saturated carbocycles. The number of nitrogens with zero attached hydrogens (tertiary/aromatic N) is 6. The molecular formula is C31H29N9O3S. The molecule has 2 aromatic carbocycles. The lowest BCUT2D eigenvalue weighted by atomic mass is 10.0. The van der Waals surface area contributed by atoms with Crippen LogP contribution in [0.1, 0.15) is 31.1 Å². The summed E-state index contributed by atoms with van der Waals surface area (Å²) >= 11 is 0. The minimum atomic E-state index is -3.85. The van der Waals surface area contributed by atoms with Crippen molar-refractivity contribution in [2.75, 3.05) is 17.2 Å². The molecule has 13 heteroatoms. The molecule has 1 unspecified atom stereocenters. The molecule has 4 N–H and O–H groups in total. The Hall–Kier alpha value is -4.98. The first kappa shape index (κ1) is 27.8. The number of ether oxygens (including phenoxy) is 1. The number of imidazole rings is 1. The van der Waals surface area contributed by atoms with Crippen LogP contribution in [0.4, 0.5) is 23.0 Å². The lowest BCUT2D eigenvalue weighted by Crippen LogP contribution is -2.17. The lowest BCUT2D eigenvalue weighted by molar-refractivity contribution is -0.0298. The Labute approximate surface area is 253 Å². The number of aromatic nitrogens is 6. The number of nitrogens with one attached hydrogen (secondary N) is 2. The molecule has 12 nitrogen and oxygen atoms in total. The number of anilines is 4. The largest absolute Gasteiger partial charge is 0.358 e. The molecule has 1 saturated heterocycles. The van der Waals surface area contributed by atoms with E-state index in [-0.39, 0.29) is 11.1 Å². The molecule has 7 rings (SSSR count). The maximum Gasteiger partial charge on any atom is 0.238 e. The van der Waals surface area contributed by atoms with Crippen LogP contribution in [0.2, 0.25) is 0 Å². The highest BCUT2D eigenvalue weighted by molar-refractivity contribution is 7.89. The number of sulfonamides is 1. The molecule has 6 aromatic rings. The van der Waals surface area contributed by atoms with Gasteiger partial charge in [0.25, 0.3) is 0 Å². The van der Waals surface area contributed by atoms with Crippen LogP contribution in [0.15, 0.2) is 84.5 Å². The Kier molecular flexibility index (Phi) is 7.12. The van der Waals surface area contributed by atoms with E-state index in [0.717, 1.165) is 53.5 Å². The van der Waals surface area contributed by atoms with Crippen LogP contribution in [0.25, 0.3) is 33.2 Å². The molecule has 0 spiro atoms. The van der Waals surface area contributed by atoms with Gasteiger partial charge in [-0.3, -0.25) is 4.57 Å². The predicted molar refractivity (Wildman–Crippen MR) is 168 cm³/mol. The van der Waals surface area contributed by atoms with Gasteiger partial charge >= 0.3 is 0 Å². The van der Waals surface area contributed by atoms with Crippen molar-refractivity contribution in [3.8, 4) is 11.3 Å². The van der Waals surface area contributed by atoms with Gasteiger partial charge in [0.15, 0.2) is 5.65 Å². The van der Waals surface area contributed by atoms with Gasteiger partial charge in [-0.05, 0) is 68.1 Å². The number of primary sulfonamides is 1. The van der Waals surface area contributed by atoms with Gasteiger partial charge in [-0.25, -0.2) is 38.5 Å². The van der Waals surface area contributed by atoms with E-state index in [1.165, 1.54) is 12.1 Å². The zero-order valence-electron chi connectivity index (χ0n) is 23.8. The Bertz CT molecular complexity index is 2130. The first-order chi connectivity index (χ1) is 21.4. The number of aryl methyl sites for hydroxylation is 1. The maximum atomic E-state index is 11.9. The van der Waals surface area contributed by atoms with Crippen molar-refractivity contribution in [2.24, 2.45) is 5.14 Å². The van der Waals surface area contributed by atoms with Crippen molar-refractivity contribution in [3.63, 3.8) is 0 Å². The highest BCUT2D eigenvalue weighted by atomic mass is 32.2. The van der Waals surface area contributed by atoms with Crippen LogP contribution in [0.3, 0.4) is 0 Å². The molecule has 1 atom stereocenters. The number of benzene rings is 2. The van der Waals surface area contributed by atoms with Crippen LogP contribution in [-0.2, 0) is 14.8 Å². The van der Waals surface area contributed by atoms with Gasteiger partial charge in [-0.15, -0.1) is 0 Å². The first-order valence-electron chi connectivity index (χ1n) is 14.2. The highest BCUT2D eigenvalue weighted by Gasteiger charge is 2.22. The second kappa shape index (κ2) is 11.3. The van der Waals surface area contributed by atoms with Crippen molar-refractivity contribution in [1.29, 1.82) is 0 Å². The van der Waals surface area contributed by atoms with E-state index in [9.17, 15) is 8.42 Å². The molecule has 0 radical (unpaired) electrons. The summed E-state index contributed by atoms with van der Waals surface area (Å²) in [6, 6.07) is 16.0. The minimum Gasteiger partial charge on any atom is -0.358 e. The van der Waals surface area contributed by atoms with Gasteiger partial charge in [0.1, 0.15) is 35.4 Å². The van der Waals surface area contributed by atoms with Gasteiger partial charge in [0.05, 0.1) is 16.9 Å². The summed E-state index contributed by atoms with van der Waals surface area (Å²) in [4.78, 5) is 23.1. The van der Waals surface area contributed by atoms with Gasteiger partial charge in [-0.2, -0.15) is 0 Å². The SMILES string of the molecule is Cc1ccc2c(Nc3cccc(S(N)(=O)=O)c3)nccc2c1Nc1ncccc1-c1ncnc2c1ncn2C1CCCCO1. The zero-order valence-corrected chi connectivity index (χ0v) is 24.6. The molecule has 5 heterocycles. The van der Waals surface area contributed by atoms with E-state index >= 15 is 0 Å². The predicted octanol–water partition coefficient (Wildman–Crippen LogP) is 5.58. The first-order valence-corrected chi connectivity index (χ1v) is 15.7. The molecule has 0 bridgehead atoms. The quantitative estimate of drug-likeness (QED) is 0.209.